The van der Waals surface area contributed by atoms with Gasteiger partial charge in [0, 0.05) is 17.7 Å². The second kappa shape index (κ2) is 7.89. The number of non-ortho nitro benzene ring substituents is 1. The quantitative estimate of drug-likeness (QED) is 0.311. The summed E-state index contributed by atoms with van der Waals surface area (Å²) in [4.78, 5) is 25.1. The zero-order valence-electron chi connectivity index (χ0n) is 14.6. The van der Waals surface area contributed by atoms with Gasteiger partial charge in [-0.05, 0) is 32.1 Å². The molecule has 1 fully saturated rings. The van der Waals surface area contributed by atoms with Crippen LogP contribution in [0.15, 0.2) is 53.4 Å². The van der Waals surface area contributed by atoms with Crippen molar-refractivity contribution in [2.24, 2.45) is 0 Å². The number of nitrogens with zero attached hydrogens (tertiary/aromatic N) is 2. The third-order valence-electron chi connectivity index (χ3n) is 3.66. The molecule has 138 valence electrons. The lowest BCUT2D eigenvalue weighted by Gasteiger charge is -2.14. The molecule has 27 heavy (non-hydrogen) atoms. The molecule has 8 heteroatoms. The maximum Gasteiger partial charge on any atom is 0.271 e. The van der Waals surface area contributed by atoms with Crippen LogP contribution < -0.4 is 9.64 Å². The molecule has 0 atom stereocenters. The minimum absolute atomic E-state index is 0.000995. The lowest BCUT2D eigenvalue weighted by Crippen LogP contribution is -2.27. The van der Waals surface area contributed by atoms with Crippen LogP contribution in [-0.2, 0) is 4.79 Å². The number of amides is 1. The smallest absolute Gasteiger partial charge is 0.271 e. The fourth-order valence-corrected chi connectivity index (χ4v) is 3.83. The topological polar surface area (TPSA) is 72.7 Å². The molecule has 2 aromatic carbocycles. The molecule has 1 heterocycles. The maximum atomic E-state index is 12.9. The average Bonchev–Trinajstić information content (AvgIpc) is 2.90. The molecule has 6 nitrogen and oxygen atoms in total. The van der Waals surface area contributed by atoms with E-state index in [1.807, 2.05) is 38.1 Å². The van der Waals surface area contributed by atoms with E-state index < -0.39 is 4.92 Å². The highest BCUT2D eigenvalue weighted by Crippen LogP contribution is 2.38. The van der Waals surface area contributed by atoms with Crippen LogP contribution in [0.25, 0.3) is 6.08 Å². The number of thioether (sulfide) groups is 1. The number of hydrogen-bond donors (Lipinski definition) is 0. The van der Waals surface area contributed by atoms with Crippen LogP contribution in [0.1, 0.15) is 19.4 Å². The summed E-state index contributed by atoms with van der Waals surface area (Å²) in [6, 6.07) is 13.3. The minimum atomic E-state index is -0.503. The molecule has 0 bridgehead atoms. The molecule has 2 aromatic rings. The lowest BCUT2D eigenvalue weighted by atomic mass is 10.1. The van der Waals surface area contributed by atoms with Crippen LogP contribution in [0.5, 0.6) is 5.75 Å². The first-order chi connectivity index (χ1) is 12.9. The molecule has 1 aliphatic rings. The van der Waals surface area contributed by atoms with Gasteiger partial charge >= 0.3 is 0 Å². The van der Waals surface area contributed by atoms with E-state index >= 15 is 0 Å². The summed E-state index contributed by atoms with van der Waals surface area (Å²) in [5.74, 6) is 0.359. The summed E-state index contributed by atoms with van der Waals surface area (Å²) >= 11 is 6.49. The van der Waals surface area contributed by atoms with Gasteiger partial charge in [0.1, 0.15) is 5.75 Å². The van der Waals surface area contributed by atoms with Crippen molar-refractivity contribution in [3.63, 3.8) is 0 Å². The van der Waals surface area contributed by atoms with Crippen LogP contribution >= 0.6 is 24.0 Å². The summed E-state index contributed by atoms with van der Waals surface area (Å²) in [5.41, 5.74) is 1.05. The third-order valence-corrected chi connectivity index (χ3v) is 4.96. The molecular formula is C19H16N2O4S2. The second-order valence-corrected chi connectivity index (χ2v) is 7.67. The van der Waals surface area contributed by atoms with Crippen molar-refractivity contribution in [3.8, 4) is 5.75 Å². The first-order valence-electron chi connectivity index (χ1n) is 8.15. The number of para-hydroxylation sites is 1. The number of benzene rings is 2. The first-order valence-corrected chi connectivity index (χ1v) is 9.37. The summed E-state index contributed by atoms with van der Waals surface area (Å²) in [5, 5.41) is 11.0. The van der Waals surface area contributed by atoms with Gasteiger partial charge in [-0.25, -0.2) is 0 Å². The van der Waals surface area contributed by atoms with E-state index in [-0.39, 0.29) is 17.7 Å². The maximum absolute atomic E-state index is 12.9. The Hall–Kier alpha value is -2.71. The molecule has 1 aliphatic heterocycles. The summed E-state index contributed by atoms with van der Waals surface area (Å²) < 4.78 is 6.11. The number of ether oxygens (including phenoxy) is 1. The third kappa shape index (κ3) is 4.17. The van der Waals surface area contributed by atoms with Crippen LogP contribution in [0.4, 0.5) is 11.4 Å². The van der Waals surface area contributed by atoms with Gasteiger partial charge in [0.05, 0.1) is 21.6 Å². The number of hydrogen-bond acceptors (Lipinski definition) is 6. The van der Waals surface area contributed by atoms with E-state index in [1.165, 1.54) is 23.1 Å². The molecule has 1 saturated heterocycles. The normalized spacial score (nSPS) is 15.7. The Kier molecular flexibility index (Phi) is 5.57. The van der Waals surface area contributed by atoms with Crippen LogP contribution in [0.2, 0.25) is 0 Å². The second-order valence-electron chi connectivity index (χ2n) is 6.00. The van der Waals surface area contributed by atoms with Gasteiger partial charge in [-0.1, -0.05) is 48.2 Å². The summed E-state index contributed by atoms with van der Waals surface area (Å²) in [6.45, 7) is 3.86. The Morgan fingerprint density at radius 1 is 1.22 bits per heavy atom. The highest BCUT2D eigenvalue weighted by molar-refractivity contribution is 8.27. The number of nitro groups is 1. The lowest BCUT2D eigenvalue weighted by molar-refractivity contribution is -0.384. The number of carbonyl (C=O) groups is 1. The Morgan fingerprint density at radius 2 is 1.96 bits per heavy atom. The molecule has 0 aromatic heterocycles. The van der Waals surface area contributed by atoms with Crippen molar-refractivity contribution in [2.45, 2.75) is 20.0 Å². The van der Waals surface area contributed by atoms with Crippen molar-refractivity contribution in [1.29, 1.82) is 0 Å². The van der Waals surface area contributed by atoms with E-state index in [0.29, 0.717) is 20.7 Å². The molecule has 0 spiro atoms. The number of thiocarbonyl (C=S) groups is 1. The Morgan fingerprint density at radius 3 is 2.67 bits per heavy atom. The zero-order chi connectivity index (χ0) is 19.6. The van der Waals surface area contributed by atoms with E-state index in [4.69, 9.17) is 17.0 Å². The van der Waals surface area contributed by atoms with Crippen molar-refractivity contribution in [1.82, 2.24) is 0 Å². The van der Waals surface area contributed by atoms with Gasteiger partial charge in [-0.15, -0.1) is 0 Å². The van der Waals surface area contributed by atoms with E-state index in [0.717, 1.165) is 17.3 Å². The Bertz CT molecular complexity index is 956. The van der Waals surface area contributed by atoms with Crippen molar-refractivity contribution in [2.75, 3.05) is 4.90 Å². The average molecular weight is 400 g/mol. The van der Waals surface area contributed by atoms with Crippen molar-refractivity contribution < 1.29 is 14.5 Å². The van der Waals surface area contributed by atoms with E-state index in [2.05, 4.69) is 0 Å². The van der Waals surface area contributed by atoms with Gasteiger partial charge in [0.2, 0.25) is 0 Å². The molecule has 1 amide bonds. The van der Waals surface area contributed by atoms with Crippen molar-refractivity contribution in [3.05, 3.63) is 69.1 Å². The number of anilines is 1. The van der Waals surface area contributed by atoms with Crippen molar-refractivity contribution >= 4 is 51.7 Å². The van der Waals surface area contributed by atoms with Gasteiger partial charge < -0.3 is 4.74 Å². The molecule has 3 rings (SSSR count). The molecule has 0 radical (unpaired) electrons. The zero-order valence-corrected chi connectivity index (χ0v) is 16.3. The fraction of sp³-hybridized carbons (Fsp3) is 0.158. The summed E-state index contributed by atoms with van der Waals surface area (Å²) in [6.07, 6.45) is 1.73. The van der Waals surface area contributed by atoms with E-state index in [1.54, 1.807) is 12.1 Å². The molecular weight excluding hydrogens is 384 g/mol. The van der Waals surface area contributed by atoms with Crippen LogP contribution in [-0.4, -0.2) is 21.3 Å². The molecule has 0 unspecified atom stereocenters. The van der Waals surface area contributed by atoms with Crippen LogP contribution in [0, 0.1) is 10.1 Å². The predicted octanol–water partition coefficient (Wildman–Crippen LogP) is 4.79. The molecule has 0 aliphatic carbocycles. The molecule has 0 saturated carbocycles. The largest absolute Gasteiger partial charge is 0.490 e. The minimum Gasteiger partial charge on any atom is -0.490 e. The predicted molar refractivity (Wildman–Crippen MR) is 111 cm³/mol. The van der Waals surface area contributed by atoms with Gasteiger partial charge in [-0.2, -0.15) is 0 Å². The van der Waals surface area contributed by atoms with Gasteiger partial charge in [0.25, 0.3) is 11.6 Å². The van der Waals surface area contributed by atoms with E-state index in [9.17, 15) is 14.9 Å². The Balaban J connectivity index is 1.94. The standard InChI is InChI=1S/C19H16N2O4S2/c1-12(2)25-16-9-4-3-6-13(16)10-17-18(22)20(19(26)27-17)14-7-5-8-15(11-14)21(23)24/h3-12H,1-2H3/b17-10+. The van der Waals surface area contributed by atoms with Crippen LogP contribution in [0.3, 0.4) is 0 Å². The highest BCUT2D eigenvalue weighted by Gasteiger charge is 2.34. The summed E-state index contributed by atoms with van der Waals surface area (Å²) in [7, 11) is 0. The van der Waals surface area contributed by atoms with Gasteiger partial charge in [-0.3, -0.25) is 19.8 Å². The monoisotopic (exact) mass is 400 g/mol. The van der Waals surface area contributed by atoms with Gasteiger partial charge in [0.15, 0.2) is 4.32 Å². The molecule has 0 N–H and O–H groups in total. The highest BCUT2D eigenvalue weighted by atomic mass is 32.2. The number of rotatable bonds is 5. The number of carbonyl (C=O) groups excluding carboxylic acids is 1. The Labute approximate surface area is 166 Å². The fourth-order valence-electron chi connectivity index (χ4n) is 2.54. The number of nitro benzene ring substituents is 1. The SMILES string of the molecule is CC(C)Oc1ccccc1/C=C1/SC(=S)N(c2cccc([N+](=O)[O-])c2)C1=O. The first kappa shape index (κ1) is 19.1.